The highest BCUT2D eigenvalue weighted by atomic mass is 16.1. The number of rotatable bonds is 7. The summed E-state index contributed by atoms with van der Waals surface area (Å²) >= 11 is 0. The van der Waals surface area contributed by atoms with Gasteiger partial charge in [0.2, 0.25) is 0 Å². The molecule has 0 radical (unpaired) electrons. The molecule has 0 aliphatic rings. The van der Waals surface area contributed by atoms with Gasteiger partial charge in [-0.05, 0) is 31.2 Å². The van der Waals surface area contributed by atoms with Gasteiger partial charge in [0, 0.05) is 23.7 Å². The van der Waals surface area contributed by atoms with Crippen LogP contribution in [0.1, 0.15) is 23.8 Å². The van der Waals surface area contributed by atoms with Crippen LogP contribution in [0.15, 0.2) is 42.7 Å². The molecule has 3 aromatic rings. The van der Waals surface area contributed by atoms with Crippen LogP contribution >= 0.6 is 0 Å². The molecule has 27 heavy (non-hydrogen) atoms. The Labute approximate surface area is 155 Å². The molecule has 0 spiro atoms. The third-order valence-electron chi connectivity index (χ3n) is 4.07. The van der Waals surface area contributed by atoms with E-state index in [9.17, 15) is 9.59 Å². The number of aromatic nitrogens is 3. The molecule has 0 fully saturated rings. The number of hydrogen-bond donors (Lipinski definition) is 3. The lowest BCUT2D eigenvalue weighted by atomic mass is 10.2. The third-order valence-corrected chi connectivity index (χ3v) is 4.07. The number of nitrogens with zero attached hydrogens (tertiary/aromatic N) is 4. The molecular formula is C18H19N7O2. The lowest BCUT2D eigenvalue weighted by Crippen LogP contribution is -2.40. The normalized spacial score (nSPS) is 11.8. The van der Waals surface area contributed by atoms with Crippen molar-refractivity contribution in [3.05, 3.63) is 48.4 Å². The van der Waals surface area contributed by atoms with E-state index >= 15 is 0 Å². The maximum Gasteiger partial charge on any atom is 0.271 e. The minimum Gasteiger partial charge on any atom is -0.364 e. The molecule has 1 atom stereocenters. The van der Waals surface area contributed by atoms with Crippen molar-refractivity contribution >= 4 is 40.4 Å². The van der Waals surface area contributed by atoms with E-state index < -0.39 is 5.91 Å². The number of fused-ring (bicyclic) bond motifs is 1. The Kier molecular flexibility index (Phi) is 5.23. The van der Waals surface area contributed by atoms with Crippen LogP contribution in [0.3, 0.4) is 0 Å². The molecule has 1 aromatic carbocycles. The molecule has 3 rings (SSSR count). The van der Waals surface area contributed by atoms with Crippen molar-refractivity contribution in [3.8, 4) is 0 Å². The number of primary amides is 1. The van der Waals surface area contributed by atoms with Crippen LogP contribution < -0.4 is 21.9 Å². The van der Waals surface area contributed by atoms with Crippen LogP contribution in [0.5, 0.6) is 0 Å². The summed E-state index contributed by atoms with van der Waals surface area (Å²) in [5.41, 5.74) is 6.89. The van der Waals surface area contributed by atoms with E-state index in [-0.39, 0.29) is 24.0 Å². The highest BCUT2D eigenvalue weighted by Gasteiger charge is 2.18. The molecule has 0 aliphatic heterocycles. The first kappa shape index (κ1) is 18.2. The van der Waals surface area contributed by atoms with Crippen LogP contribution in [-0.4, -0.2) is 33.2 Å². The number of aldehydes is 1. The quantitative estimate of drug-likeness (QED) is 0.325. The fraction of sp³-hybridized carbons (Fsp3) is 0.167. The maximum atomic E-state index is 11.8. The smallest absolute Gasteiger partial charge is 0.271 e. The van der Waals surface area contributed by atoms with Gasteiger partial charge in [0.25, 0.3) is 5.91 Å². The van der Waals surface area contributed by atoms with Crippen molar-refractivity contribution in [3.63, 3.8) is 0 Å². The molecule has 138 valence electrons. The van der Waals surface area contributed by atoms with Gasteiger partial charge in [-0.25, -0.2) is 15.8 Å². The second-order valence-electron chi connectivity index (χ2n) is 5.95. The van der Waals surface area contributed by atoms with Crippen molar-refractivity contribution < 1.29 is 9.59 Å². The van der Waals surface area contributed by atoms with Crippen molar-refractivity contribution in [1.82, 2.24) is 15.0 Å². The molecule has 0 unspecified atom stereocenters. The van der Waals surface area contributed by atoms with E-state index in [1.807, 2.05) is 30.3 Å². The number of pyridine rings is 1. The van der Waals surface area contributed by atoms with Gasteiger partial charge in [0.1, 0.15) is 6.29 Å². The van der Waals surface area contributed by atoms with Gasteiger partial charge >= 0.3 is 0 Å². The maximum absolute atomic E-state index is 11.8. The Morgan fingerprint density at radius 1 is 1.30 bits per heavy atom. The number of anilines is 3. The summed E-state index contributed by atoms with van der Waals surface area (Å²) in [6, 6.07) is 8.96. The molecule has 9 heteroatoms. The predicted molar refractivity (Wildman–Crippen MR) is 102 cm³/mol. The number of hydrogen-bond acceptors (Lipinski definition) is 8. The van der Waals surface area contributed by atoms with Gasteiger partial charge in [0.05, 0.1) is 17.8 Å². The van der Waals surface area contributed by atoms with E-state index in [4.69, 9.17) is 11.6 Å². The minimum atomic E-state index is -0.723. The Hall–Kier alpha value is -3.59. The molecule has 0 bridgehead atoms. The molecule has 2 heterocycles. The number of benzene rings is 1. The molecule has 0 aliphatic carbocycles. The summed E-state index contributed by atoms with van der Waals surface area (Å²) in [7, 11) is 0. The molecule has 0 saturated heterocycles. The Morgan fingerprint density at radius 3 is 2.85 bits per heavy atom. The molecule has 2 aromatic heterocycles. The van der Waals surface area contributed by atoms with E-state index in [0.717, 1.165) is 17.2 Å². The molecule has 9 nitrogen and oxygen atoms in total. The van der Waals surface area contributed by atoms with Gasteiger partial charge < -0.3 is 15.8 Å². The summed E-state index contributed by atoms with van der Waals surface area (Å²) in [4.78, 5) is 35.3. The highest BCUT2D eigenvalue weighted by molar-refractivity contribution is 5.99. The average molecular weight is 365 g/mol. The topological polar surface area (TPSA) is 140 Å². The van der Waals surface area contributed by atoms with Crippen molar-refractivity contribution in [2.75, 3.05) is 10.3 Å². The summed E-state index contributed by atoms with van der Waals surface area (Å²) in [5.74, 6) is 5.77. The lowest BCUT2D eigenvalue weighted by molar-refractivity contribution is -0.108. The van der Waals surface area contributed by atoms with Crippen molar-refractivity contribution in [1.29, 1.82) is 0 Å². The zero-order chi connectivity index (χ0) is 19.4. The van der Waals surface area contributed by atoms with Gasteiger partial charge in [-0.1, -0.05) is 6.07 Å². The van der Waals surface area contributed by atoms with Gasteiger partial charge in [-0.15, -0.1) is 0 Å². The zero-order valence-electron chi connectivity index (χ0n) is 14.7. The SMILES string of the molecule is C[C@H](CC=O)N(N)c1cnc(C(N)=O)c(Nc2cccc3ncccc23)n1. The first-order valence-electron chi connectivity index (χ1n) is 8.26. The largest absolute Gasteiger partial charge is 0.364 e. The first-order valence-corrected chi connectivity index (χ1v) is 8.26. The van der Waals surface area contributed by atoms with E-state index in [1.165, 1.54) is 11.2 Å². The number of nitrogens with two attached hydrogens (primary N) is 2. The van der Waals surface area contributed by atoms with Crippen LogP contribution in [0.2, 0.25) is 0 Å². The zero-order valence-corrected chi connectivity index (χ0v) is 14.7. The van der Waals surface area contributed by atoms with E-state index in [0.29, 0.717) is 11.5 Å². The lowest BCUT2D eigenvalue weighted by Gasteiger charge is -2.24. The minimum absolute atomic E-state index is 0.0175. The Balaban J connectivity index is 2.03. The standard InChI is InChI=1S/C18H19N7O2/c1-11(7-9-26)25(20)15-10-22-16(17(19)27)18(24-15)23-14-6-2-5-13-12(14)4-3-8-21-13/h2-6,8-11H,7,20H2,1H3,(H2,19,27)(H,23,24)/t11-/m1/s1. The molecule has 0 saturated carbocycles. The first-order chi connectivity index (χ1) is 13.0. The fourth-order valence-corrected chi connectivity index (χ4v) is 2.59. The van der Waals surface area contributed by atoms with Gasteiger partial charge in [-0.2, -0.15) is 0 Å². The summed E-state index contributed by atoms with van der Waals surface area (Å²) in [6.45, 7) is 1.78. The number of amides is 1. The summed E-state index contributed by atoms with van der Waals surface area (Å²) in [5, 5.41) is 5.27. The summed E-state index contributed by atoms with van der Waals surface area (Å²) in [6.07, 6.45) is 4.05. The molecule has 1 amide bonds. The van der Waals surface area contributed by atoms with Crippen LogP contribution in [0.4, 0.5) is 17.3 Å². The molecule has 5 N–H and O–H groups in total. The number of nitrogens with one attached hydrogen (secondary N) is 1. The number of carbonyl (C=O) groups excluding carboxylic acids is 2. The van der Waals surface area contributed by atoms with Crippen LogP contribution in [-0.2, 0) is 4.79 Å². The average Bonchev–Trinajstić information content (AvgIpc) is 2.67. The Bertz CT molecular complexity index is 987. The predicted octanol–water partition coefficient (Wildman–Crippen LogP) is 1.52. The number of carbonyl (C=O) groups is 2. The second-order valence-corrected chi connectivity index (χ2v) is 5.95. The van der Waals surface area contributed by atoms with Crippen molar-refractivity contribution in [2.24, 2.45) is 11.6 Å². The second kappa shape index (κ2) is 7.75. The van der Waals surface area contributed by atoms with E-state index in [2.05, 4.69) is 20.3 Å². The Morgan fingerprint density at radius 2 is 2.11 bits per heavy atom. The highest BCUT2D eigenvalue weighted by Crippen LogP contribution is 2.26. The third kappa shape index (κ3) is 3.82. The summed E-state index contributed by atoms with van der Waals surface area (Å²) < 4.78 is 0. The van der Waals surface area contributed by atoms with Gasteiger partial charge in [-0.3, -0.25) is 14.8 Å². The fourth-order valence-electron chi connectivity index (χ4n) is 2.59. The van der Waals surface area contributed by atoms with Crippen LogP contribution in [0, 0.1) is 0 Å². The van der Waals surface area contributed by atoms with Crippen molar-refractivity contribution in [2.45, 2.75) is 19.4 Å². The van der Waals surface area contributed by atoms with E-state index in [1.54, 1.807) is 13.1 Å². The monoisotopic (exact) mass is 365 g/mol. The number of hydrazine groups is 1. The van der Waals surface area contributed by atoms with Gasteiger partial charge in [0.15, 0.2) is 17.3 Å². The molecular weight excluding hydrogens is 346 g/mol. The van der Waals surface area contributed by atoms with Crippen LogP contribution in [0.25, 0.3) is 10.9 Å².